The molecule has 0 fully saturated rings. The van der Waals surface area contributed by atoms with E-state index in [-0.39, 0.29) is 17.5 Å². The first kappa shape index (κ1) is 13.2. The number of nitrogens with zero attached hydrogens (tertiary/aromatic N) is 2. The minimum Gasteiger partial charge on any atom is -0.383 e. The molecule has 1 rings (SSSR count). The van der Waals surface area contributed by atoms with Crippen LogP contribution in [0.5, 0.6) is 0 Å². The van der Waals surface area contributed by atoms with Crippen molar-refractivity contribution in [2.24, 2.45) is 5.92 Å². The van der Waals surface area contributed by atoms with Crippen LogP contribution in [0.25, 0.3) is 0 Å². The smallest absolute Gasteiger partial charge is 0.328 e. The lowest BCUT2D eigenvalue weighted by atomic mass is 10.1. The van der Waals surface area contributed by atoms with Crippen LogP contribution in [-0.4, -0.2) is 23.3 Å². The minimum atomic E-state index is -0.659. The van der Waals surface area contributed by atoms with Crippen LogP contribution in [0.15, 0.2) is 15.8 Å². The summed E-state index contributed by atoms with van der Waals surface area (Å²) in [7, 11) is 1.54. The van der Waals surface area contributed by atoms with Gasteiger partial charge in [-0.25, -0.2) is 4.79 Å². The van der Waals surface area contributed by atoms with E-state index in [2.05, 4.69) is 4.98 Å². The highest BCUT2D eigenvalue weighted by molar-refractivity contribution is 5.21. The van der Waals surface area contributed by atoms with Gasteiger partial charge in [-0.2, -0.15) is 5.26 Å². The maximum Gasteiger partial charge on any atom is 0.328 e. The summed E-state index contributed by atoms with van der Waals surface area (Å²) >= 11 is 0. The molecule has 0 aliphatic rings. The maximum absolute atomic E-state index is 11.7. The third-order valence-corrected chi connectivity index (χ3v) is 2.55. The van der Waals surface area contributed by atoms with Crippen molar-refractivity contribution in [2.75, 3.05) is 13.7 Å². The van der Waals surface area contributed by atoms with E-state index >= 15 is 0 Å². The fourth-order valence-corrected chi connectivity index (χ4v) is 1.58. The van der Waals surface area contributed by atoms with E-state index in [0.29, 0.717) is 6.61 Å². The van der Waals surface area contributed by atoms with Gasteiger partial charge < -0.3 is 4.74 Å². The quantitative estimate of drug-likeness (QED) is 0.813. The predicted molar refractivity (Wildman–Crippen MR) is 61.8 cm³/mol. The van der Waals surface area contributed by atoms with E-state index in [1.807, 2.05) is 13.8 Å². The molecule has 17 heavy (non-hydrogen) atoms. The lowest BCUT2D eigenvalue weighted by Crippen LogP contribution is -2.36. The van der Waals surface area contributed by atoms with Crippen molar-refractivity contribution in [3.05, 3.63) is 32.6 Å². The predicted octanol–water partition coefficient (Wildman–Crippen LogP) is 0.252. The Hall–Kier alpha value is -1.87. The molecule has 1 atom stereocenters. The normalized spacial score (nSPS) is 12.4. The average molecular weight is 237 g/mol. The SMILES string of the molecule is COCC(C(C)C)n1cc(C#N)c(=O)[nH]c1=O. The zero-order valence-corrected chi connectivity index (χ0v) is 10.1. The van der Waals surface area contributed by atoms with E-state index in [0.717, 1.165) is 0 Å². The van der Waals surface area contributed by atoms with Crippen LogP contribution in [0.1, 0.15) is 25.5 Å². The van der Waals surface area contributed by atoms with Crippen molar-refractivity contribution >= 4 is 0 Å². The van der Waals surface area contributed by atoms with Gasteiger partial charge in [-0.3, -0.25) is 14.3 Å². The Morgan fingerprint density at radius 3 is 2.65 bits per heavy atom. The highest BCUT2D eigenvalue weighted by Gasteiger charge is 2.18. The van der Waals surface area contributed by atoms with Gasteiger partial charge in [0.2, 0.25) is 0 Å². The molecule has 92 valence electrons. The zero-order valence-electron chi connectivity index (χ0n) is 10.1. The molecule has 0 aromatic carbocycles. The van der Waals surface area contributed by atoms with Crippen molar-refractivity contribution in [2.45, 2.75) is 19.9 Å². The number of ether oxygens (including phenoxy) is 1. The Kier molecular flexibility index (Phi) is 4.24. The molecule has 0 saturated carbocycles. The number of rotatable bonds is 4. The lowest BCUT2D eigenvalue weighted by Gasteiger charge is -2.22. The molecule has 1 unspecified atom stereocenters. The van der Waals surface area contributed by atoms with E-state index in [1.54, 1.807) is 6.07 Å². The molecular weight excluding hydrogens is 222 g/mol. The molecule has 6 nitrogen and oxygen atoms in total. The Labute approximate surface area is 98.5 Å². The number of methoxy groups -OCH3 is 1. The summed E-state index contributed by atoms with van der Waals surface area (Å²) in [5.41, 5.74) is -1.26. The first-order chi connectivity index (χ1) is 8.01. The maximum atomic E-state index is 11.7. The van der Waals surface area contributed by atoms with Gasteiger partial charge in [-0.05, 0) is 5.92 Å². The molecule has 0 spiro atoms. The molecule has 0 aliphatic carbocycles. The summed E-state index contributed by atoms with van der Waals surface area (Å²) in [6.45, 7) is 4.22. The highest BCUT2D eigenvalue weighted by atomic mass is 16.5. The topological polar surface area (TPSA) is 87.9 Å². The molecule has 1 aromatic rings. The first-order valence-electron chi connectivity index (χ1n) is 5.25. The summed E-state index contributed by atoms with van der Waals surface area (Å²) < 4.78 is 6.39. The fraction of sp³-hybridized carbons (Fsp3) is 0.545. The minimum absolute atomic E-state index is 0.0775. The average Bonchev–Trinajstić information content (AvgIpc) is 2.26. The third kappa shape index (κ3) is 2.82. The number of hydrogen-bond donors (Lipinski definition) is 1. The number of aromatic nitrogens is 2. The standard InChI is InChI=1S/C11H15N3O3/c1-7(2)9(6-17-3)14-5-8(4-12)10(15)13-11(14)16/h5,7,9H,6H2,1-3H3,(H,13,15,16). The van der Waals surface area contributed by atoms with E-state index < -0.39 is 11.2 Å². The summed E-state index contributed by atoms with van der Waals surface area (Å²) in [6.07, 6.45) is 1.28. The molecule has 0 amide bonds. The number of aromatic amines is 1. The molecule has 1 N–H and O–H groups in total. The van der Waals surface area contributed by atoms with Crippen LogP contribution in [0.2, 0.25) is 0 Å². The van der Waals surface area contributed by atoms with Gasteiger partial charge in [0.1, 0.15) is 11.6 Å². The largest absolute Gasteiger partial charge is 0.383 e. The molecule has 0 aliphatic heterocycles. The van der Waals surface area contributed by atoms with E-state index in [4.69, 9.17) is 10.00 Å². The van der Waals surface area contributed by atoms with Gasteiger partial charge in [0.25, 0.3) is 5.56 Å². The van der Waals surface area contributed by atoms with Crippen LogP contribution in [0.4, 0.5) is 0 Å². The third-order valence-electron chi connectivity index (χ3n) is 2.55. The van der Waals surface area contributed by atoms with Crippen LogP contribution in [0.3, 0.4) is 0 Å². The number of nitriles is 1. The number of H-pyrrole nitrogens is 1. The molecule has 0 saturated heterocycles. The van der Waals surface area contributed by atoms with Crippen LogP contribution in [-0.2, 0) is 4.74 Å². The van der Waals surface area contributed by atoms with Crippen molar-refractivity contribution in [3.8, 4) is 6.07 Å². The van der Waals surface area contributed by atoms with Gasteiger partial charge in [-0.15, -0.1) is 0 Å². The van der Waals surface area contributed by atoms with Gasteiger partial charge in [0.15, 0.2) is 0 Å². The molecular formula is C11H15N3O3. The van der Waals surface area contributed by atoms with Gasteiger partial charge in [0, 0.05) is 13.3 Å². The van der Waals surface area contributed by atoms with Gasteiger partial charge in [-0.1, -0.05) is 13.8 Å². The zero-order chi connectivity index (χ0) is 13.0. The van der Waals surface area contributed by atoms with Crippen molar-refractivity contribution in [3.63, 3.8) is 0 Å². The summed E-state index contributed by atoms with van der Waals surface area (Å²) in [4.78, 5) is 25.0. The summed E-state index contributed by atoms with van der Waals surface area (Å²) in [6, 6.07) is 1.54. The summed E-state index contributed by atoms with van der Waals surface area (Å²) in [5.74, 6) is 0.144. The molecule has 0 bridgehead atoms. The monoisotopic (exact) mass is 237 g/mol. The Morgan fingerprint density at radius 1 is 1.53 bits per heavy atom. The van der Waals surface area contributed by atoms with Crippen molar-refractivity contribution in [1.29, 1.82) is 5.26 Å². The van der Waals surface area contributed by atoms with Crippen molar-refractivity contribution < 1.29 is 4.74 Å². The van der Waals surface area contributed by atoms with Crippen LogP contribution < -0.4 is 11.2 Å². The Balaban J connectivity index is 3.34. The molecule has 6 heteroatoms. The van der Waals surface area contributed by atoms with Crippen molar-refractivity contribution in [1.82, 2.24) is 9.55 Å². The second kappa shape index (κ2) is 5.46. The van der Waals surface area contributed by atoms with Gasteiger partial charge in [0.05, 0.1) is 12.6 Å². The number of nitrogens with one attached hydrogen (secondary N) is 1. The number of hydrogen-bond acceptors (Lipinski definition) is 4. The fourth-order valence-electron chi connectivity index (χ4n) is 1.58. The van der Waals surface area contributed by atoms with E-state index in [1.165, 1.54) is 17.9 Å². The second-order valence-electron chi connectivity index (χ2n) is 4.09. The lowest BCUT2D eigenvalue weighted by molar-refractivity contribution is 0.130. The van der Waals surface area contributed by atoms with Crippen LogP contribution >= 0.6 is 0 Å². The molecule has 1 aromatic heterocycles. The summed E-state index contributed by atoms with van der Waals surface area (Å²) in [5, 5.41) is 8.77. The van der Waals surface area contributed by atoms with Gasteiger partial charge >= 0.3 is 5.69 Å². The van der Waals surface area contributed by atoms with E-state index in [9.17, 15) is 9.59 Å². The highest BCUT2D eigenvalue weighted by Crippen LogP contribution is 2.15. The van der Waals surface area contributed by atoms with Crippen LogP contribution in [0, 0.1) is 17.2 Å². The molecule has 1 heterocycles. The Bertz CT molecular complexity index is 536. The second-order valence-corrected chi connectivity index (χ2v) is 4.09. The Morgan fingerprint density at radius 2 is 2.18 bits per heavy atom. The first-order valence-corrected chi connectivity index (χ1v) is 5.25. The molecule has 0 radical (unpaired) electrons.